The van der Waals surface area contributed by atoms with E-state index in [4.69, 9.17) is 0 Å². The van der Waals surface area contributed by atoms with Crippen LogP contribution in [0.5, 0.6) is 0 Å². The second-order valence-corrected chi connectivity index (χ2v) is 7.64. The number of hydrogen-bond donors (Lipinski definition) is 1. The minimum Gasteiger partial charge on any atom is -0.390 e. The standard InChI is InChI=1S/C25H29N3O/c26-19-24(20-27-15-7-12-21-8-3-1-4-9-21)25(29)28-16-13-23(14-17-28)18-22-10-5-2-6-11-22/h1-6,8-11,20,23,27H,7,12-18H2/b24-20-. The third-order valence-corrected chi connectivity index (χ3v) is 5.50. The van der Waals surface area contributed by atoms with Crippen molar-refractivity contribution in [2.75, 3.05) is 19.6 Å². The molecular weight excluding hydrogens is 358 g/mol. The quantitative estimate of drug-likeness (QED) is 0.421. The van der Waals surface area contributed by atoms with E-state index in [0.29, 0.717) is 5.92 Å². The van der Waals surface area contributed by atoms with E-state index in [-0.39, 0.29) is 11.5 Å². The van der Waals surface area contributed by atoms with E-state index in [9.17, 15) is 10.1 Å². The minimum atomic E-state index is -0.152. The Morgan fingerprint density at radius 3 is 2.28 bits per heavy atom. The van der Waals surface area contributed by atoms with E-state index < -0.39 is 0 Å². The smallest absolute Gasteiger partial charge is 0.265 e. The number of nitrogens with zero attached hydrogens (tertiary/aromatic N) is 2. The molecule has 0 unspecified atom stereocenters. The maximum atomic E-state index is 12.7. The fourth-order valence-electron chi connectivity index (χ4n) is 3.81. The van der Waals surface area contributed by atoms with Crippen molar-refractivity contribution in [1.29, 1.82) is 5.26 Å². The van der Waals surface area contributed by atoms with Crippen molar-refractivity contribution in [1.82, 2.24) is 10.2 Å². The Labute approximate surface area is 173 Å². The first-order chi connectivity index (χ1) is 14.3. The zero-order chi connectivity index (χ0) is 20.3. The predicted molar refractivity (Wildman–Crippen MR) is 116 cm³/mol. The van der Waals surface area contributed by atoms with Gasteiger partial charge in [-0.25, -0.2) is 0 Å². The molecule has 0 bridgehead atoms. The number of nitrogens with one attached hydrogen (secondary N) is 1. The molecule has 2 aromatic rings. The fourth-order valence-corrected chi connectivity index (χ4v) is 3.81. The molecule has 1 heterocycles. The average Bonchev–Trinajstić information content (AvgIpc) is 2.78. The summed E-state index contributed by atoms with van der Waals surface area (Å²) in [4.78, 5) is 14.5. The third-order valence-electron chi connectivity index (χ3n) is 5.50. The monoisotopic (exact) mass is 387 g/mol. The molecule has 1 aliphatic rings. The van der Waals surface area contributed by atoms with Crippen LogP contribution < -0.4 is 5.32 Å². The second-order valence-electron chi connectivity index (χ2n) is 7.64. The summed E-state index contributed by atoms with van der Waals surface area (Å²) in [5.74, 6) is 0.452. The van der Waals surface area contributed by atoms with Crippen LogP contribution in [-0.4, -0.2) is 30.4 Å². The van der Waals surface area contributed by atoms with Gasteiger partial charge in [-0.1, -0.05) is 60.7 Å². The Bertz CT molecular complexity index is 831. The minimum absolute atomic E-state index is 0.152. The molecule has 0 atom stereocenters. The molecule has 1 amide bonds. The van der Waals surface area contributed by atoms with Crippen LogP contribution in [-0.2, 0) is 17.6 Å². The van der Waals surface area contributed by atoms with E-state index in [0.717, 1.165) is 51.7 Å². The number of hydrogen-bond acceptors (Lipinski definition) is 3. The van der Waals surface area contributed by atoms with Crippen LogP contribution in [0.15, 0.2) is 72.4 Å². The molecule has 1 N–H and O–H groups in total. The summed E-state index contributed by atoms with van der Waals surface area (Å²) >= 11 is 0. The fraction of sp³-hybridized carbons (Fsp3) is 0.360. The van der Waals surface area contributed by atoms with Crippen molar-refractivity contribution in [3.63, 3.8) is 0 Å². The summed E-state index contributed by atoms with van der Waals surface area (Å²) < 4.78 is 0. The number of carbonyl (C=O) groups is 1. The summed E-state index contributed by atoms with van der Waals surface area (Å²) in [6.45, 7) is 2.19. The van der Waals surface area contributed by atoms with Gasteiger partial charge in [0.05, 0.1) is 0 Å². The molecule has 0 aromatic heterocycles. The summed E-state index contributed by atoms with van der Waals surface area (Å²) in [5, 5.41) is 12.5. The lowest BCUT2D eigenvalue weighted by molar-refractivity contribution is -0.128. The summed E-state index contributed by atoms with van der Waals surface area (Å²) in [5.41, 5.74) is 2.86. The molecule has 4 heteroatoms. The number of likely N-dealkylation sites (tertiary alicyclic amines) is 1. The summed E-state index contributed by atoms with van der Waals surface area (Å²) in [7, 11) is 0. The van der Waals surface area contributed by atoms with Crippen molar-refractivity contribution in [3.8, 4) is 6.07 Å². The molecule has 29 heavy (non-hydrogen) atoms. The highest BCUT2D eigenvalue weighted by atomic mass is 16.2. The summed E-state index contributed by atoms with van der Waals surface area (Å²) in [6.07, 6.45) is 6.56. The van der Waals surface area contributed by atoms with Gasteiger partial charge in [-0.05, 0) is 49.1 Å². The maximum absolute atomic E-state index is 12.7. The van der Waals surface area contributed by atoms with E-state index in [1.54, 1.807) is 6.20 Å². The molecule has 0 radical (unpaired) electrons. The van der Waals surface area contributed by atoms with Gasteiger partial charge in [-0.3, -0.25) is 4.79 Å². The van der Waals surface area contributed by atoms with E-state index >= 15 is 0 Å². The largest absolute Gasteiger partial charge is 0.390 e. The van der Waals surface area contributed by atoms with Crippen molar-refractivity contribution >= 4 is 5.91 Å². The number of benzene rings is 2. The lowest BCUT2D eigenvalue weighted by atomic mass is 9.90. The highest BCUT2D eigenvalue weighted by Gasteiger charge is 2.25. The number of carbonyl (C=O) groups excluding carboxylic acids is 1. The topological polar surface area (TPSA) is 56.1 Å². The molecule has 1 saturated heterocycles. The molecule has 3 rings (SSSR count). The van der Waals surface area contributed by atoms with Gasteiger partial charge in [-0.2, -0.15) is 5.26 Å². The number of amides is 1. The second kappa shape index (κ2) is 11.1. The third kappa shape index (κ3) is 6.50. The molecule has 150 valence electrons. The van der Waals surface area contributed by atoms with Crippen LogP contribution in [0.4, 0.5) is 0 Å². The Kier molecular flexibility index (Phi) is 7.89. The molecule has 0 aliphatic carbocycles. The Hall–Kier alpha value is -3.06. The average molecular weight is 388 g/mol. The van der Waals surface area contributed by atoms with Gasteiger partial charge >= 0.3 is 0 Å². The van der Waals surface area contributed by atoms with E-state index in [2.05, 4.69) is 47.8 Å². The maximum Gasteiger partial charge on any atom is 0.265 e. The van der Waals surface area contributed by atoms with Crippen LogP contribution in [0.2, 0.25) is 0 Å². The lowest BCUT2D eigenvalue weighted by Crippen LogP contribution is -2.39. The first kappa shape index (κ1) is 20.7. The normalized spacial score (nSPS) is 15.0. The van der Waals surface area contributed by atoms with Crippen LogP contribution in [0, 0.1) is 17.2 Å². The Morgan fingerprint density at radius 1 is 1.03 bits per heavy atom. The number of piperidine rings is 1. The predicted octanol–water partition coefficient (Wildman–Crippen LogP) is 4.10. The van der Waals surface area contributed by atoms with Gasteiger partial charge in [-0.15, -0.1) is 0 Å². The molecule has 1 fully saturated rings. The molecule has 2 aromatic carbocycles. The first-order valence-corrected chi connectivity index (χ1v) is 10.5. The van der Waals surface area contributed by atoms with Crippen molar-refractivity contribution in [3.05, 3.63) is 83.6 Å². The number of rotatable bonds is 8. The molecule has 1 aliphatic heterocycles. The van der Waals surface area contributed by atoms with E-state index in [1.165, 1.54) is 11.1 Å². The summed E-state index contributed by atoms with van der Waals surface area (Å²) in [6, 6.07) is 22.9. The van der Waals surface area contributed by atoms with Gasteiger partial charge in [0.25, 0.3) is 5.91 Å². The Balaban J connectivity index is 1.41. The highest BCUT2D eigenvalue weighted by molar-refractivity contribution is 5.97. The highest BCUT2D eigenvalue weighted by Crippen LogP contribution is 2.22. The van der Waals surface area contributed by atoms with Gasteiger partial charge < -0.3 is 10.2 Å². The van der Waals surface area contributed by atoms with Gasteiger partial charge in [0.2, 0.25) is 0 Å². The first-order valence-electron chi connectivity index (χ1n) is 10.5. The Morgan fingerprint density at radius 2 is 1.66 bits per heavy atom. The van der Waals surface area contributed by atoms with Crippen molar-refractivity contribution < 1.29 is 4.79 Å². The lowest BCUT2D eigenvalue weighted by Gasteiger charge is -2.32. The molecular formula is C25H29N3O. The van der Waals surface area contributed by atoms with Crippen molar-refractivity contribution in [2.45, 2.75) is 32.1 Å². The SMILES string of the molecule is N#C/C(=C/NCCCc1ccccc1)C(=O)N1CCC(Cc2ccccc2)CC1. The van der Waals surface area contributed by atoms with Crippen LogP contribution in [0.25, 0.3) is 0 Å². The van der Waals surface area contributed by atoms with Crippen molar-refractivity contribution in [2.24, 2.45) is 5.92 Å². The number of nitriles is 1. The van der Waals surface area contributed by atoms with Gasteiger partial charge in [0, 0.05) is 25.8 Å². The zero-order valence-electron chi connectivity index (χ0n) is 16.9. The number of aryl methyl sites for hydroxylation is 1. The van der Waals surface area contributed by atoms with Gasteiger partial charge in [0.1, 0.15) is 11.6 Å². The van der Waals surface area contributed by atoms with E-state index in [1.807, 2.05) is 29.2 Å². The zero-order valence-corrected chi connectivity index (χ0v) is 16.9. The van der Waals surface area contributed by atoms with Gasteiger partial charge in [0.15, 0.2) is 0 Å². The van der Waals surface area contributed by atoms with Crippen LogP contribution in [0.1, 0.15) is 30.4 Å². The van der Waals surface area contributed by atoms with Crippen LogP contribution >= 0.6 is 0 Å². The van der Waals surface area contributed by atoms with Crippen LogP contribution in [0.3, 0.4) is 0 Å². The molecule has 4 nitrogen and oxygen atoms in total. The molecule has 0 saturated carbocycles. The molecule has 0 spiro atoms.